The molecule has 24 heavy (non-hydrogen) atoms. The first-order chi connectivity index (χ1) is 11.3. The second kappa shape index (κ2) is 6.17. The van der Waals surface area contributed by atoms with Gasteiger partial charge in [-0.05, 0) is 24.6 Å². The number of aromatic nitrogens is 5. The molecule has 3 aromatic heterocycles. The number of nitrogens with one attached hydrogen (secondary N) is 1. The Balaban J connectivity index is 1.77. The van der Waals surface area contributed by atoms with E-state index in [0.29, 0.717) is 5.82 Å². The van der Waals surface area contributed by atoms with Crippen LogP contribution >= 0.6 is 0 Å². The lowest BCUT2D eigenvalue weighted by Crippen LogP contribution is -2.23. The van der Waals surface area contributed by atoms with Crippen molar-refractivity contribution in [2.24, 2.45) is 14.1 Å². The van der Waals surface area contributed by atoms with Crippen molar-refractivity contribution in [2.75, 3.05) is 0 Å². The van der Waals surface area contributed by atoms with Crippen LogP contribution < -0.4 is 4.72 Å². The Labute approximate surface area is 140 Å². The third-order valence-corrected chi connectivity index (χ3v) is 4.92. The highest BCUT2D eigenvalue weighted by molar-refractivity contribution is 7.89. The summed E-state index contributed by atoms with van der Waals surface area (Å²) in [6.45, 7) is 1.91. The molecular formula is C15H18N6O2S. The molecule has 3 heterocycles. The number of pyridine rings is 1. The largest absolute Gasteiger partial charge is 0.337 e. The zero-order valence-corrected chi connectivity index (χ0v) is 14.4. The first-order valence-corrected chi connectivity index (χ1v) is 8.77. The number of hydrogen-bond acceptors (Lipinski definition) is 5. The fraction of sp³-hybridized carbons (Fsp3) is 0.267. The van der Waals surface area contributed by atoms with Crippen molar-refractivity contribution in [1.82, 2.24) is 29.0 Å². The van der Waals surface area contributed by atoms with Gasteiger partial charge in [0, 0.05) is 44.8 Å². The van der Waals surface area contributed by atoms with Crippen LogP contribution in [-0.2, 0) is 30.7 Å². The molecule has 0 fully saturated rings. The molecule has 9 heteroatoms. The van der Waals surface area contributed by atoms with Crippen molar-refractivity contribution in [2.45, 2.75) is 18.5 Å². The van der Waals surface area contributed by atoms with Crippen LogP contribution in [0, 0.1) is 6.92 Å². The van der Waals surface area contributed by atoms with E-state index in [4.69, 9.17) is 0 Å². The van der Waals surface area contributed by atoms with E-state index in [2.05, 4.69) is 19.8 Å². The van der Waals surface area contributed by atoms with Gasteiger partial charge < -0.3 is 4.57 Å². The maximum Gasteiger partial charge on any atom is 0.259 e. The van der Waals surface area contributed by atoms with Gasteiger partial charge in [0.2, 0.25) is 0 Å². The minimum absolute atomic E-state index is 0.0176. The van der Waals surface area contributed by atoms with Crippen LogP contribution in [0.2, 0.25) is 0 Å². The van der Waals surface area contributed by atoms with E-state index in [-0.39, 0.29) is 11.6 Å². The Morgan fingerprint density at radius 2 is 2.04 bits per heavy atom. The van der Waals surface area contributed by atoms with Gasteiger partial charge in [-0.15, -0.1) is 0 Å². The molecule has 0 saturated heterocycles. The summed E-state index contributed by atoms with van der Waals surface area (Å²) < 4.78 is 30.5. The predicted molar refractivity (Wildman–Crippen MR) is 88.4 cm³/mol. The number of imidazole rings is 1. The number of rotatable bonds is 5. The number of hydrogen-bond donors (Lipinski definition) is 1. The third kappa shape index (κ3) is 3.36. The second-order valence-electron chi connectivity index (χ2n) is 5.51. The average Bonchev–Trinajstić information content (AvgIpc) is 3.13. The lowest BCUT2D eigenvalue weighted by Gasteiger charge is -2.05. The minimum atomic E-state index is -3.65. The Morgan fingerprint density at radius 1 is 1.25 bits per heavy atom. The van der Waals surface area contributed by atoms with E-state index in [1.165, 1.54) is 6.20 Å². The molecule has 0 unspecified atom stereocenters. The molecule has 0 aromatic carbocycles. The van der Waals surface area contributed by atoms with Gasteiger partial charge in [-0.25, -0.2) is 18.1 Å². The fourth-order valence-electron chi connectivity index (χ4n) is 2.20. The normalized spacial score (nSPS) is 11.8. The maximum atomic E-state index is 12.3. The Hall–Kier alpha value is -2.52. The van der Waals surface area contributed by atoms with Gasteiger partial charge in [0.1, 0.15) is 5.82 Å². The Bertz CT molecular complexity index is 954. The van der Waals surface area contributed by atoms with Gasteiger partial charge in [-0.3, -0.25) is 9.67 Å². The second-order valence-corrected chi connectivity index (χ2v) is 7.23. The molecule has 0 saturated carbocycles. The van der Waals surface area contributed by atoms with E-state index in [1.54, 1.807) is 41.7 Å². The fourth-order valence-corrected chi connectivity index (χ4v) is 3.26. The number of aryl methyl sites for hydroxylation is 3. The summed E-state index contributed by atoms with van der Waals surface area (Å²) in [6, 6.07) is 3.61. The highest BCUT2D eigenvalue weighted by Gasteiger charge is 2.18. The summed E-state index contributed by atoms with van der Waals surface area (Å²) in [5.41, 5.74) is 2.43. The molecule has 0 aliphatic heterocycles. The molecule has 0 bridgehead atoms. The Morgan fingerprint density at radius 3 is 2.67 bits per heavy atom. The molecule has 0 radical (unpaired) electrons. The average molecular weight is 346 g/mol. The molecule has 0 spiro atoms. The highest BCUT2D eigenvalue weighted by Crippen LogP contribution is 2.17. The molecule has 0 aliphatic rings. The van der Waals surface area contributed by atoms with Gasteiger partial charge >= 0.3 is 0 Å². The maximum absolute atomic E-state index is 12.3. The lowest BCUT2D eigenvalue weighted by molar-refractivity contribution is 0.578. The van der Waals surface area contributed by atoms with Gasteiger partial charge in [-0.1, -0.05) is 0 Å². The Kier molecular flexibility index (Phi) is 4.20. The molecular weight excluding hydrogens is 328 g/mol. The van der Waals surface area contributed by atoms with Gasteiger partial charge in [0.05, 0.1) is 11.9 Å². The van der Waals surface area contributed by atoms with Crippen molar-refractivity contribution in [3.8, 4) is 11.3 Å². The quantitative estimate of drug-likeness (QED) is 0.744. The van der Waals surface area contributed by atoms with E-state index >= 15 is 0 Å². The molecule has 3 aromatic rings. The van der Waals surface area contributed by atoms with Crippen LogP contribution in [0.5, 0.6) is 0 Å². The smallest absolute Gasteiger partial charge is 0.259 e. The van der Waals surface area contributed by atoms with Crippen LogP contribution in [-0.4, -0.2) is 32.7 Å². The highest BCUT2D eigenvalue weighted by atomic mass is 32.2. The molecule has 0 amide bonds. The van der Waals surface area contributed by atoms with Gasteiger partial charge in [-0.2, -0.15) is 5.10 Å². The summed E-state index contributed by atoms with van der Waals surface area (Å²) >= 11 is 0. The van der Waals surface area contributed by atoms with Gasteiger partial charge in [0.15, 0.2) is 5.03 Å². The summed E-state index contributed by atoms with van der Waals surface area (Å²) in [7, 11) is -0.0683. The zero-order chi connectivity index (χ0) is 17.3. The van der Waals surface area contributed by atoms with Crippen LogP contribution in [0.3, 0.4) is 0 Å². The lowest BCUT2D eigenvalue weighted by atomic mass is 10.2. The summed E-state index contributed by atoms with van der Waals surface area (Å²) in [5, 5.41) is 4.13. The van der Waals surface area contributed by atoms with Crippen molar-refractivity contribution >= 4 is 10.0 Å². The first kappa shape index (κ1) is 16.3. The molecule has 0 aliphatic carbocycles. The zero-order valence-electron chi connectivity index (χ0n) is 13.6. The predicted octanol–water partition coefficient (Wildman–Crippen LogP) is 1.00. The van der Waals surface area contributed by atoms with Crippen molar-refractivity contribution < 1.29 is 8.42 Å². The molecule has 1 N–H and O–H groups in total. The minimum Gasteiger partial charge on any atom is -0.337 e. The van der Waals surface area contributed by atoms with Crippen molar-refractivity contribution in [1.29, 1.82) is 0 Å². The molecule has 0 atom stereocenters. The number of nitrogens with zero attached hydrogens (tertiary/aromatic N) is 5. The van der Waals surface area contributed by atoms with E-state index in [9.17, 15) is 8.42 Å². The summed E-state index contributed by atoms with van der Waals surface area (Å²) in [6.07, 6.45) is 6.71. The molecule has 3 rings (SSSR count). The number of sulfonamides is 1. The topological polar surface area (TPSA) is 94.7 Å². The monoisotopic (exact) mass is 346 g/mol. The molecule has 8 nitrogen and oxygen atoms in total. The van der Waals surface area contributed by atoms with Crippen molar-refractivity contribution in [3.63, 3.8) is 0 Å². The standard InChI is InChI=1S/C15H18N6O2S/c1-11-19-15(10-20(11)2)24(22,23)18-7-12-4-5-16-14(6-12)13-8-17-21(3)9-13/h4-6,8-10,18H,7H2,1-3H3. The third-order valence-electron chi connectivity index (χ3n) is 3.65. The van der Waals surface area contributed by atoms with Crippen LogP contribution in [0.25, 0.3) is 11.3 Å². The van der Waals surface area contributed by atoms with Crippen LogP contribution in [0.1, 0.15) is 11.4 Å². The van der Waals surface area contributed by atoms with Gasteiger partial charge in [0.25, 0.3) is 10.0 Å². The van der Waals surface area contributed by atoms with Crippen LogP contribution in [0.15, 0.2) is 41.9 Å². The van der Waals surface area contributed by atoms with Crippen LogP contribution in [0.4, 0.5) is 0 Å². The van der Waals surface area contributed by atoms with E-state index in [0.717, 1.165) is 16.8 Å². The van der Waals surface area contributed by atoms with E-state index < -0.39 is 10.0 Å². The SMILES string of the molecule is Cc1nc(S(=O)(=O)NCc2ccnc(-c3cnn(C)c3)c2)cn1C. The van der Waals surface area contributed by atoms with Crippen molar-refractivity contribution in [3.05, 3.63) is 48.3 Å². The first-order valence-electron chi connectivity index (χ1n) is 7.29. The summed E-state index contributed by atoms with van der Waals surface area (Å²) in [4.78, 5) is 8.35. The summed E-state index contributed by atoms with van der Waals surface area (Å²) in [5.74, 6) is 0.637. The van der Waals surface area contributed by atoms with E-state index in [1.807, 2.05) is 19.3 Å². The molecule has 126 valence electrons.